The summed E-state index contributed by atoms with van der Waals surface area (Å²) in [5, 5.41) is 0. The highest BCUT2D eigenvalue weighted by molar-refractivity contribution is 7.92. The lowest BCUT2D eigenvalue weighted by atomic mass is 9.99. The molecular formula is C8H13NO3S. The standard InChI is InChI=1S/C8H13NO3S/c1-2-9-7(6-12-13-9)5-8(1)10-3-4-11-8/h7H,1-6H2/t7-/m0/s1. The Balaban J connectivity index is 1.73. The molecule has 0 aliphatic carbocycles. The first-order valence-corrected chi connectivity index (χ1v) is 5.42. The van der Waals surface area contributed by atoms with Gasteiger partial charge in [0.1, 0.15) is 0 Å². The van der Waals surface area contributed by atoms with E-state index < -0.39 is 0 Å². The van der Waals surface area contributed by atoms with Gasteiger partial charge in [-0.1, -0.05) is 0 Å². The first kappa shape index (κ1) is 8.49. The molecular weight excluding hydrogens is 190 g/mol. The molecule has 5 heteroatoms. The molecule has 3 aliphatic rings. The van der Waals surface area contributed by atoms with Gasteiger partial charge in [-0.2, -0.15) is 0 Å². The Morgan fingerprint density at radius 3 is 3.00 bits per heavy atom. The Morgan fingerprint density at radius 1 is 1.31 bits per heavy atom. The summed E-state index contributed by atoms with van der Waals surface area (Å²) in [4.78, 5) is 0. The van der Waals surface area contributed by atoms with Crippen molar-refractivity contribution < 1.29 is 13.7 Å². The average Bonchev–Trinajstić information content (AvgIpc) is 2.74. The van der Waals surface area contributed by atoms with Gasteiger partial charge in [-0.3, -0.25) is 4.18 Å². The van der Waals surface area contributed by atoms with Crippen molar-refractivity contribution in [2.75, 3.05) is 26.4 Å². The smallest absolute Gasteiger partial charge is 0.171 e. The van der Waals surface area contributed by atoms with Crippen LogP contribution in [0, 0.1) is 0 Å². The van der Waals surface area contributed by atoms with Crippen molar-refractivity contribution in [3.63, 3.8) is 0 Å². The van der Waals surface area contributed by atoms with Crippen molar-refractivity contribution in [2.45, 2.75) is 24.7 Å². The zero-order valence-corrected chi connectivity index (χ0v) is 8.22. The third kappa shape index (κ3) is 1.39. The number of fused-ring (bicyclic) bond motifs is 1. The van der Waals surface area contributed by atoms with Gasteiger partial charge < -0.3 is 9.47 Å². The molecule has 3 saturated heterocycles. The van der Waals surface area contributed by atoms with E-state index in [2.05, 4.69) is 4.31 Å². The average molecular weight is 203 g/mol. The van der Waals surface area contributed by atoms with E-state index in [-0.39, 0.29) is 5.79 Å². The van der Waals surface area contributed by atoms with E-state index in [1.165, 1.54) is 12.2 Å². The number of rotatable bonds is 0. The van der Waals surface area contributed by atoms with Gasteiger partial charge >= 0.3 is 0 Å². The maximum absolute atomic E-state index is 5.68. The quantitative estimate of drug-likeness (QED) is 0.429. The first-order chi connectivity index (χ1) is 6.38. The van der Waals surface area contributed by atoms with Gasteiger partial charge in [0.25, 0.3) is 0 Å². The van der Waals surface area contributed by atoms with E-state index >= 15 is 0 Å². The van der Waals surface area contributed by atoms with Crippen LogP contribution >= 0.6 is 12.2 Å². The summed E-state index contributed by atoms with van der Waals surface area (Å²) in [7, 11) is 0. The molecule has 0 aromatic carbocycles. The van der Waals surface area contributed by atoms with E-state index in [9.17, 15) is 0 Å². The van der Waals surface area contributed by atoms with Crippen LogP contribution in [0.15, 0.2) is 0 Å². The molecule has 3 aliphatic heterocycles. The third-order valence-electron chi connectivity index (χ3n) is 2.89. The minimum atomic E-state index is -0.268. The van der Waals surface area contributed by atoms with Gasteiger partial charge in [0.05, 0.1) is 38.1 Å². The van der Waals surface area contributed by atoms with Gasteiger partial charge in [0, 0.05) is 19.4 Å². The summed E-state index contributed by atoms with van der Waals surface area (Å²) < 4.78 is 19.0. The fourth-order valence-electron chi connectivity index (χ4n) is 2.20. The lowest BCUT2D eigenvalue weighted by molar-refractivity contribution is -0.187. The summed E-state index contributed by atoms with van der Waals surface area (Å²) in [6.45, 7) is 3.32. The van der Waals surface area contributed by atoms with Gasteiger partial charge in [-0.25, -0.2) is 4.31 Å². The molecule has 1 spiro atoms. The summed E-state index contributed by atoms with van der Waals surface area (Å²) in [5.74, 6) is -0.268. The van der Waals surface area contributed by atoms with E-state index in [1.807, 2.05) is 0 Å². The molecule has 13 heavy (non-hydrogen) atoms. The highest BCUT2D eigenvalue weighted by Crippen LogP contribution is 2.40. The molecule has 4 nitrogen and oxygen atoms in total. The van der Waals surface area contributed by atoms with Crippen LogP contribution in [0.1, 0.15) is 12.8 Å². The van der Waals surface area contributed by atoms with Crippen molar-refractivity contribution in [3.8, 4) is 0 Å². The van der Waals surface area contributed by atoms with E-state index in [1.54, 1.807) is 0 Å². The van der Waals surface area contributed by atoms with Crippen LogP contribution in [-0.2, 0) is 13.7 Å². The second-order valence-electron chi connectivity index (χ2n) is 3.72. The van der Waals surface area contributed by atoms with Gasteiger partial charge in [0.15, 0.2) is 5.79 Å². The minimum absolute atomic E-state index is 0.268. The number of nitrogens with zero attached hydrogens (tertiary/aromatic N) is 1. The van der Waals surface area contributed by atoms with Crippen LogP contribution in [0.4, 0.5) is 0 Å². The van der Waals surface area contributed by atoms with Crippen molar-refractivity contribution in [3.05, 3.63) is 0 Å². The second kappa shape index (κ2) is 3.10. The van der Waals surface area contributed by atoms with Crippen LogP contribution in [0.25, 0.3) is 0 Å². The molecule has 3 rings (SSSR count). The minimum Gasteiger partial charge on any atom is -0.347 e. The van der Waals surface area contributed by atoms with Crippen LogP contribution in [0.3, 0.4) is 0 Å². The Bertz CT molecular complexity index is 208. The third-order valence-corrected chi connectivity index (χ3v) is 3.80. The Kier molecular flexibility index (Phi) is 2.03. The molecule has 0 aromatic heterocycles. The zero-order chi connectivity index (χ0) is 8.73. The fourth-order valence-corrected chi connectivity index (χ4v) is 2.98. The molecule has 0 N–H and O–H groups in total. The molecule has 0 amide bonds. The molecule has 1 atom stereocenters. The molecule has 74 valence electrons. The summed E-state index contributed by atoms with van der Waals surface area (Å²) in [6, 6.07) is 0.483. The Morgan fingerprint density at radius 2 is 2.15 bits per heavy atom. The molecule has 3 fully saturated rings. The van der Waals surface area contributed by atoms with E-state index in [0.717, 1.165) is 39.2 Å². The maximum Gasteiger partial charge on any atom is 0.171 e. The summed E-state index contributed by atoms with van der Waals surface area (Å²) >= 11 is 1.49. The van der Waals surface area contributed by atoms with Crippen LogP contribution in [0.5, 0.6) is 0 Å². The highest BCUT2D eigenvalue weighted by atomic mass is 32.2. The van der Waals surface area contributed by atoms with Crippen LogP contribution in [-0.4, -0.2) is 42.5 Å². The van der Waals surface area contributed by atoms with Crippen LogP contribution < -0.4 is 0 Å². The van der Waals surface area contributed by atoms with Gasteiger partial charge in [0.2, 0.25) is 0 Å². The summed E-state index contributed by atoms with van der Waals surface area (Å²) in [6.07, 6.45) is 1.93. The molecule has 0 aromatic rings. The first-order valence-electron chi connectivity index (χ1n) is 4.72. The number of hydrogen-bond acceptors (Lipinski definition) is 5. The molecule has 0 saturated carbocycles. The highest BCUT2D eigenvalue weighted by Gasteiger charge is 2.46. The van der Waals surface area contributed by atoms with E-state index in [4.69, 9.17) is 13.7 Å². The Hall–Kier alpha value is 0.190. The predicted octanol–water partition coefficient (Wildman–Crippen LogP) is 0.787. The van der Waals surface area contributed by atoms with Crippen molar-refractivity contribution in [2.24, 2.45) is 0 Å². The van der Waals surface area contributed by atoms with Crippen molar-refractivity contribution in [1.29, 1.82) is 0 Å². The monoisotopic (exact) mass is 203 g/mol. The SMILES string of the molecule is C1COC2(CCN3SOC[C@@H]3C2)O1. The molecule has 0 unspecified atom stereocenters. The number of ether oxygens (including phenoxy) is 2. The predicted molar refractivity (Wildman–Crippen MR) is 47.9 cm³/mol. The lowest BCUT2D eigenvalue weighted by Gasteiger charge is -2.37. The van der Waals surface area contributed by atoms with Gasteiger partial charge in [-0.05, 0) is 0 Å². The molecule has 0 bridgehead atoms. The lowest BCUT2D eigenvalue weighted by Crippen LogP contribution is -2.47. The maximum atomic E-state index is 5.68. The van der Waals surface area contributed by atoms with Gasteiger partial charge in [-0.15, -0.1) is 0 Å². The van der Waals surface area contributed by atoms with Crippen molar-refractivity contribution >= 4 is 12.2 Å². The van der Waals surface area contributed by atoms with E-state index in [0.29, 0.717) is 6.04 Å². The summed E-state index contributed by atoms with van der Waals surface area (Å²) in [5.41, 5.74) is 0. The number of hydrogen-bond donors (Lipinski definition) is 0. The topological polar surface area (TPSA) is 30.9 Å². The normalized spacial score (nSPS) is 38.3. The zero-order valence-electron chi connectivity index (χ0n) is 7.40. The molecule has 0 radical (unpaired) electrons. The van der Waals surface area contributed by atoms with Crippen molar-refractivity contribution in [1.82, 2.24) is 4.31 Å². The Labute approximate surface area is 81.8 Å². The second-order valence-corrected chi connectivity index (χ2v) is 4.57. The molecule has 3 heterocycles. The largest absolute Gasteiger partial charge is 0.347 e. The van der Waals surface area contributed by atoms with Crippen LogP contribution in [0.2, 0.25) is 0 Å². The fraction of sp³-hybridized carbons (Fsp3) is 1.00. The number of piperidine rings is 1.